The van der Waals surface area contributed by atoms with Gasteiger partial charge in [0, 0.05) is 12.8 Å². The molecule has 2 rings (SSSR count). The summed E-state index contributed by atoms with van der Waals surface area (Å²) in [6, 6.07) is 0. The van der Waals surface area contributed by atoms with Crippen LogP contribution in [-0.4, -0.2) is 5.78 Å². The number of fused-ring (bicyclic) bond motifs is 1. The second-order valence-corrected chi connectivity index (χ2v) is 4.65. The maximum absolute atomic E-state index is 11.4. The minimum Gasteiger partial charge on any atom is -0.300 e. The SMILES string of the molecule is C=CC1CCC(=C)[C@H]2CCC(=O)C[C@H]12. The average Bonchev–Trinajstić information content (AvgIpc) is 2.18. The third-order valence-corrected chi connectivity index (χ3v) is 3.89. The van der Waals surface area contributed by atoms with E-state index in [9.17, 15) is 4.79 Å². The van der Waals surface area contributed by atoms with Gasteiger partial charge in [-0.1, -0.05) is 18.2 Å². The quantitative estimate of drug-likeness (QED) is 0.581. The third kappa shape index (κ3) is 1.56. The van der Waals surface area contributed by atoms with Crippen LogP contribution in [0.5, 0.6) is 0 Å². The van der Waals surface area contributed by atoms with Crippen LogP contribution in [0.4, 0.5) is 0 Å². The Labute approximate surface area is 85.9 Å². The molecule has 0 saturated heterocycles. The summed E-state index contributed by atoms with van der Waals surface area (Å²) in [5.41, 5.74) is 1.38. The van der Waals surface area contributed by atoms with Crippen molar-refractivity contribution in [2.75, 3.05) is 0 Å². The molecule has 0 radical (unpaired) electrons. The Hall–Kier alpha value is -0.850. The van der Waals surface area contributed by atoms with Crippen molar-refractivity contribution in [1.29, 1.82) is 0 Å². The van der Waals surface area contributed by atoms with Gasteiger partial charge >= 0.3 is 0 Å². The zero-order valence-corrected chi connectivity index (χ0v) is 8.67. The number of hydrogen-bond acceptors (Lipinski definition) is 1. The summed E-state index contributed by atoms with van der Waals surface area (Å²) in [6.07, 6.45) is 6.89. The lowest BCUT2D eigenvalue weighted by Crippen LogP contribution is -2.34. The molecule has 0 aliphatic heterocycles. The van der Waals surface area contributed by atoms with E-state index in [1.165, 1.54) is 5.57 Å². The number of rotatable bonds is 1. The summed E-state index contributed by atoms with van der Waals surface area (Å²) in [4.78, 5) is 11.4. The van der Waals surface area contributed by atoms with Crippen LogP contribution in [-0.2, 0) is 4.79 Å². The van der Waals surface area contributed by atoms with Crippen LogP contribution in [0, 0.1) is 17.8 Å². The Morgan fingerprint density at radius 2 is 2.07 bits per heavy atom. The Bertz CT molecular complexity index is 277. The largest absolute Gasteiger partial charge is 0.300 e. The van der Waals surface area contributed by atoms with Crippen LogP contribution in [0.1, 0.15) is 32.1 Å². The fourth-order valence-electron chi connectivity index (χ4n) is 3.04. The zero-order chi connectivity index (χ0) is 10.1. The first kappa shape index (κ1) is 9.70. The van der Waals surface area contributed by atoms with Gasteiger partial charge in [-0.25, -0.2) is 0 Å². The Kier molecular flexibility index (Phi) is 2.58. The van der Waals surface area contributed by atoms with E-state index in [4.69, 9.17) is 0 Å². The standard InChI is InChI=1S/C13H18O/c1-3-10-5-4-9(2)12-7-6-11(14)8-13(10)12/h3,10,12-13H,1-2,4-8H2/t10?,12-,13-/m1/s1. The first-order chi connectivity index (χ1) is 6.72. The van der Waals surface area contributed by atoms with Crippen molar-refractivity contribution < 1.29 is 4.79 Å². The van der Waals surface area contributed by atoms with Crippen molar-refractivity contribution in [3.8, 4) is 0 Å². The number of allylic oxidation sites excluding steroid dienone is 2. The molecule has 1 heteroatoms. The molecule has 0 N–H and O–H groups in total. The molecule has 0 aromatic rings. The molecular formula is C13H18O. The van der Waals surface area contributed by atoms with Gasteiger partial charge in [-0.05, 0) is 37.0 Å². The number of carbonyl (C=O) groups excluding carboxylic acids is 1. The summed E-state index contributed by atoms with van der Waals surface area (Å²) in [5.74, 6) is 2.11. The molecule has 14 heavy (non-hydrogen) atoms. The van der Waals surface area contributed by atoms with Crippen LogP contribution in [0.2, 0.25) is 0 Å². The van der Waals surface area contributed by atoms with Gasteiger partial charge in [0.2, 0.25) is 0 Å². The molecule has 1 nitrogen and oxygen atoms in total. The lowest BCUT2D eigenvalue weighted by Gasteiger charge is -2.41. The van der Waals surface area contributed by atoms with E-state index >= 15 is 0 Å². The molecule has 0 spiro atoms. The highest BCUT2D eigenvalue weighted by atomic mass is 16.1. The van der Waals surface area contributed by atoms with Crippen LogP contribution in [0.15, 0.2) is 24.8 Å². The van der Waals surface area contributed by atoms with E-state index in [2.05, 4.69) is 13.2 Å². The van der Waals surface area contributed by atoms with Crippen molar-refractivity contribution in [1.82, 2.24) is 0 Å². The second kappa shape index (κ2) is 3.72. The lowest BCUT2D eigenvalue weighted by atomic mass is 9.63. The van der Waals surface area contributed by atoms with Crippen LogP contribution >= 0.6 is 0 Å². The van der Waals surface area contributed by atoms with Crippen molar-refractivity contribution >= 4 is 5.78 Å². The van der Waals surface area contributed by atoms with Crippen LogP contribution < -0.4 is 0 Å². The van der Waals surface area contributed by atoms with Gasteiger partial charge in [-0.3, -0.25) is 4.79 Å². The molecule has 1 unspecified atom stereocenters. The molecule has 3 atom stereocenters. The van der Waals surface area contributed by atoms with Crippen LogP contribution in [0.3, 0.4) is 0 Å². The minimum absolute atomic E-state index is 0.438. The van der Waals surface area contributed by atoms with Gasteiger partial charge in [0.1, 0.15) is 5.78 Å². The molecular weight excluding hydrogens is 172 g/mol. The number of hydrogen-bond donors (Lipinski definition) is 0. The molecule has 76 valence electrons. The molecule has 0 aromatic carbocycles. The van der Waals surface area contributed by atoms with Crippen molar-refractivity contribution in [3.05, 3.63) is 24.8 Å². The maximum atomic E-state index is 11.4. The fraction of sp³-hybridized carbons (Fsp3) is 0.615. The summed E-state index contributed by atoms with van der Waals surface area (Å²) in [7, 11) is 0. The van der Waals surface area contributed by atoms with Crippen LogP contribution in [0.25, 0.3) is 0 Å². The molecule has 2 fully saturated rings. The van der Waals surface area contributed by atoms with E-state index in [0.29, 0.717) is 23.5 Å². The molecule has 2 saturated carbocycles. The van der Waals surface area contributed by atoms with Gasteiger partial charge in [0.25, 0.3) is 0 Å². The molecule has 0 bridgehead atoms. The minimum atomic E-state index is 0.438. The normalized spacial score (nSPS) is 37.9. The number of ketones is 1. The Morgan fingerprint density at radius 1 is 1.29 bits per heavy atom. The first-order valence-electron chi connectivity index (χ1n) is 5.54. The summed E-state index contributed by atoms with van der Waals surface area (Å²) in [6.45, 7) is 8.03. The molecule has 0 aromatic heterocycles. The fourth-order valence-corrected chi connectivity index (χ4v) is 3.04. The molecule has 2 aliphatic rings. The smallest absolute Gasteiger partial charge is 0.133 e. The monoisotopic (exact) mass is 190 g/mol. The van der Waals surface area contributed by atoms with Gasteiger partial charge in [-0.15, -0.1) is 6.58 Å². The predicted octanol–water partition coefficient (Wildman–Crippen LogP) is 3.12. The van der Waals surface area contributed by atoms with E-state index in [1.807, 2.05) is 6.08 Å². The number of carbonyl (C=O) groups is 1. The van der Waals surface area contributed by atoms with Gasteiger partial charge in [0.15, 0.2) is 0 Å². The predicted molar refractivity (Wildman–Crippen MR) is 57.9 cm³/mol. The van der Waals surface area contributed by atoms with E-state index in [-0.39, 0.29) is 0 Å². The topological polar surface area (TPSA) is 17.1 Å². The van der Waals surface area contributed by atoms with Crippen molar-refractivity contribution in [2.24, 2.45) is 17.8 Å². The highest BCUT2D eigenvalue weighted by Crippen LogP contribution is 2.45. The summed E-state index contributed by atoms with van der Waals surface area (Å²) in [5, 5.41) is 0. The lowest BCUT2D eigenvalue weighted by molar-refractivity contribution is -0.123. The zero-order valence-electron chi connectivity index (χ0n) is 8.67. The highest BCUT2D eigenvalue weighted by molar-refractivity contribution is 5.79. The Balaban J connectivity index is 2.18. The third-order valence-electron chi connectivity index (χ3n) is 3.89. The van der Waals surface area contributed by atoms with E-state index in [0.717, 1.165) is 32.1 Å². The maximum Gasteiger partial charge on any atom is 0.133 e. The molecule has 0 amide bonds. The second-order valence-electron chi connectivity index (χ2n) is 4.65. The van der Waals surface area contributed by atoms with Gasteiger partial charge < -0.3 is 0 Å². The molecule has 2 aliphatic carbocycles. The average molecular weight is 190 g/mol. The Morgan fingerprint density at radius 3 is 2.79 bits per heavy atom. The number of Topliss-reactive ketones (excluding diaryl/α,β-unsaturated/α-hetero) is 1. The summed E-state index contributed by atoms with van der Waals surface area (Å²) >= 11 is 0. The van der Waals surface area contributed by atoms with Gasteiger partial charge in [-0.2, -0.15) is 0 Å². The van der Waals surface area contributed by atoms with Crippen molar-refractivity contribution in [2.45, 2.75) is 32.1 Å². The van der Waals surface area contributed by atoms with E-state index < -0.39 is 0 Å². The van der Waals surface area contributed by atoms with E-state index in [1.54, 1.807) is 0 Å². The van der Waals surface area contributed by atoms with Crippen molar-refractivity contribution in [3.63, 3.8) is 0 Å². The van der Waals surface area contributed by atoms with Gasteiger partial charge in [0.05, 0.1) is 0 Å². The summed E-state index contributed by atoms with van der Waals surface area (Å²) < 4.78 is 0. The molecule has 0 heterocycles. The highest BCUT2D eigenvalue weighted by Gasteiger charge is 2.37. The first-order valence-corrected chi connectivity index (χ1v) is 5.54.